The van der Waals surface area contributed by atoms with E-state index in [4.69, 9.17) is 4.74 Å². The second kappa shape index (κ2) is 11.8. The quantitative estimate of drug-likeness (QED) is 0.449. The fourth-order valence-electron chi connectivity index (χ4n) is 3.68. The number of amides is 1. The van der Waals surface area contributed by atoms with Crippen molar-refractivity contribution in [3.05, 3.63) is 60.2 Å². The minimum atomic E-state index is -0.118. The van der Waals surface area contributed by atoms with Crippen LogP contribution < -0.4 is 25.6 Å². The number of para-hydroxylation sites is 1. The Bertz CT molecular complexity index is 856. The Labute approximate surface area is 184 Å². The van der Waals surface area contributed by atoms with Gasteiger partial charge in [0.25, 0.3) is 5.91 Å². The first kappa shape index (κ1) is 22.5. The third-order valence-electron chi connectivity index (χ3n) is 5.21. The van der Waals surface area contributed by atoms with E-state index in [-0.39, 0.29) is 12.5 Å². The number of rotatable bonds is 8. The predicted octanol–water partition coefficient (Wildman–Crippen LogP) is 2.54. The first-order valence-electron chi connectivity index (χ1n) is 10.9. The van der Waals surface area contributed by atoms with Crippen molar-refractivity contribution in [3.8, 4) is 5.75 Å². The molecule has 1 amide bonds. The summed E-state index contributed by atoms with van der Waals surface area (Å²) in [6, 6.07) is 18.6. The normalized spacial score (nSPS) is 16.5. The molecule has 1 fully saturated rings. The fourth-order valence-corrected chi connectivity index (χ4v) is 3.68. The van der Waals surface area contributed by atoms with E-state index in [2.05, 4.69) is 56.2 Å². The van der Waals surface area contributed by atoms with Gasteiger partial charge in [-0.25, -0.2) is 0 Å². The molecule has 7 nitrogen and oxygen atoms in total. The highest BCUT2D eigenvalue weighted by atomic mass is 16.5. The van der Waals surface area contributed by atoms with Crippen LogP contribution in [0.1, 0.15) is 25.3 Å². The molecule has 0 aromatic heterocycles. The molecule has 31 heavy (non-hydrogen) atoms. The predicted molar refractivity (Wildman–Crippen MR) is 126 cm³/mol. The smallest absolute Gasteiger partial charge is 0.257 e. The van der Waals surface area contributed by atoms with Crippen molar-refractivity contribution in [2.75, 3.05) is 38.2 Å². The van der Waals surface area contributed by atoms with Crippen LogP contribution in [0.25, 0.3) is 0 Å². The Hall–Kier alpha value is -3.22. The second-order valence-corrected chi connectivity index (χ2v) is 7.58. The van der Waals surface area contributed by atoms with E-state index in [0.717, 1.165) is 37.5 Å². The molecule has 166 valence electrons. The molecule has 0 spiro atoms. The van der Waals surface area contributed by atoms with Crippen molar-refractivity contribution < 1.29 is 9.53 Å². The van der Waals surface area contributed by atoms with Gasteiger partial charge in [-0.2, -0.15) is 0 Å². The van der Waals surface area contributed by atoms with E-state index in [0.29, 0.717) is 24.9 Å². The highest BCUT2D eigenvalue weighted by Crippen LogP contribution is 2.19. The molecule has 1 unspecified atom stereocenters. The monoisotopic (exact) mass is 423 g/mol. The van der Waals surface area contributed by atoms with Crippen LogP contribution in [0.5, 0.6) is 5.75 Å². The molecule has 3 rings (SSSR count). The lowest BCUT2D eigenvalue weighted by atomic mass is 10.0. The Morgan fingerprint density at radius 3 is 2.77 bits per heavy atom. The van der Waals surface area contributed by atoms with Gasteiger partial charge in [-0.05, 0) is 49.6 Å². The molecular formula is C24H33N5O2. The molecule has 2 aromatic carbocycles. The third kappa shape index (κ3) is 7.20. The van der Waals surface area contributed by atoms with Crippen LogP contribution in [-0.4, -0.2) is 51.2 Å². The Kier molecular flexibility index (Phi) is 8.58. The number of ether oxygens (including phenoxy) is 1. The molecular weight excluding hydrogens is 390 g/mol. The zero-order valence-corrected chi connectivity index (χ0v) is 18.4. The van der Waals surface area contributed by atoms with Crippen LogP contribution in [0.15, 0.2) is 59.6 Å². The van der Waals surface area contributed by atoms with E-state index in [1.54, 1.807) is 7.05 Å². The summed E-state index contributed by atoms with van der Waals surface area (Å²) in [4.78, 5) is 18.4. The van der Waals surface area contributed by atoms with Gasteiger partial charge in [0.2, 0.25) is 0 Å². The van der Waals surface area contributed by atoms with Crippen LogP contribution in [0.3, 0.4) is 0 Å². The van der Waals surface area contributed by atoms with Gasteiger partial charge in [-0.15, -0.1) is 0 Å². The van der Waals surface area contributed by atoms with E-state index < -0.39 is 0 Å². The molecule has 0 bridgehead atoms. The summed E-state index contributed by atoms with van der Waals surface area (Å²) in [5.74, 6) is 1.35. The Morgan fingerprint density at radius 2 is 2.00 bits per heavy atom. The maximum atomic E-state index is 11.6. The van der Waals surface area contributed by atoms with E-state index in [9.17, 15) is 4.79 Å². The maximum absolute atomic E-state index is 11.6. The molecule has 0 radical (unpaired) electrons. The lowest BCUT2D eigenvalue weighted by molar-refractivity contribution is -0.122. The van der Waals surface area contributed by atoms with Gasteiger partial charge in [-0.3, -0.25) is 9.79 Å². The molecule has 1 heterocycles. The average Bonchev–Trinajstić information content (AvgIpc) is 2.81. The summed E-state index contributed by atoms with van der Waals surface area (Å²) in [5, 5.41) is 9.67. The number of anilines is 1. The number of nitrogens with zero attached hydrogens (tertiary/aromatic N) is 2. The van der Waals surface area contributed by atoms with Gasteiger partial charge in [0.05, 0.1) is 0 Å². The SMILES string of the molecule is CCNC(=O)COc1cccc(CNC(=NC)NC2CCCN(c3ccccc3)C2)c1. The molecule has 1 aliphatic heterocycles. The van der Waals surface area contributed by atoms with Crippen molar-refractivity contribution >= 4 is 17.6 Å². The molecule has 1 saturated heterocycles. The molecule has 2 aromatic rings. The van der Waals surface area contributed by atoms with Crippen LogP contribution in [-0.2, 0) is 11.3 Å². The largest absolute Gasteiger partial charge is 0.484 e. The zero-order valence-electron chi connectivity index (χ0n) is 18.4. The van der Waals surface area contributed by atoms with Crippen LogP contribution >= 0.6 is 0 Å². The zero-order chi connectivity index (χ0) is 21.9. The lowest BCUT2D eigenvalue weighted by Crippen LogP contribution is -2.51. The number of likely N-dealkylation sites (N-methyl/N-ethyl adjacent to an activating group) is 1. The summed E-state index contributed by atoms with van der Waals surface area (Å²) < 4.78 is 5.58. The van der Waals surface area contributed by atoms with E-state index >= 15 is 0 Å². The molecule has 7 heteroatoms. The van der Waals surface area contributed by atoms with Crippen LogP contribution in [0, 0.1) is 0 Å². The second-order valence-electron chi connectivity index (χ2n) is 7.58. The van der Waals surface area contributed by atoms with Gasteiger partial charge >= 0.3 is 0 Å². The highest BCUT2D eigenvalue weighted by Gasteiger charge is 2.20. The summed E-state index contributed by atoms with van der Waals surface area (Å²) in [7, 11) is 1.79. The highest BCUT2D eigenvalue weighted by molar-refractivity contribution is 5.80. The number of hydrogen-bond acceptors (Lipinski definition) is 4. The summed E-state index contributed by atoms with van der Waals surface area (Å²) >= 11 is 0. The van der Waals surface area contributed by atoms with Crippen molar-refractivity contribution in [2.24, 2.45) is 4.99 Å². The van der Waals surface area contributed by atoms with Gasteiger partial charge in [0.1, 0.15) is 5.75 Å². The maximum Gasteiger partial charge on any atom is 0.257 e. The first-order chi connectivity index (χ1) is 15.2. The van der Waals surface area contributed by atoms with E-state index in [1.807, 2.05) is 31.2 Å². The number of guanidine groups is 1. The molecule has 3 N–H and O–H groups in total. The third-order valence-corrected chi connectivity index (χ3v) is 5.21. The number of carbonyl (C=O) groups excluding carboxylic acids is 1. The first-order valence-corrected chi connectivity index (χ1v) is 10.9. The van der Waals surface area contributed by atoms with Crippen LogP contribution in [0.2, 0.25) is 0 Å². The fraction of sp³-hybridized carbons (Fsp3) is 0.417. The van der Waals surface area contributed by atoms with Crippen molar-refractivity contribution in [1.29, 1.82) is 0 Å². The number of hydrogen-bond donors (Lipinski definition) is 3. The van der Waals surface area contributed by atoms with Gasteiger partial charge < -0.3 is 25.6 Å². The van der Waals surface area contributed by atoms with Crippen molar-refractivity contribution in [1.82, 2.24) is 16.0 Å². The summed E-state index contributed by atoms with van der Waals surface area (Å²) in [5.41, 5.74) is 2.33. The van der Waals surface area contributed by atoms with Crippen LogP contribution in [0.4, 0.5) is 5.69 Å². The summed E-state index contributed by atoms with van der Waals surface area (Å²) in [6.45, 7) is 5.16. The number of carbonyl (C=O) groups is 1. The summed E-state index contributed by atoms with van der Waals surface area (Å²) in [6.07, 6.45) is 2.27. The number of nitrogens with one attached hydrogen (secondary N) is 3. The van der Waals surface area contributed by atoms with Gasteiger partial charge in [-0.1, -0.05) is 30.3 Å². The van der Waals surface area contributed by atoms with Crippen molar-refractivity contribution in [2.45, 2.75) is 32.4 Å². The number of piperidine rings is 1. The van der Waals surface area contributed by atoms with Gasteiger partial charge in [0.15, 0.2) is 12.6 Å². The Morgan fingerprint density at radius 1 is 1.16 bits per heavy atom. The number of benzene rings is 2. The standard InChI is InChI=1S/C24H33N5O2/c1-3-26-23(30)18-31-22-13-7-9-19(15-22)16-27-24(25-2)28-20-10-8-14-29(17-20)21-11-5-4-6-12-21/h4-7,9,11-13,15,20H,3,8,10,14,16-18H2,1-2H3,(H,26,30)(H2,25,27,28). The minimum absolute atomic E-state index is 0.0214. The molecule has 1 aliphatic rings. The lowest BCUT2D eigenvalue weighted by Gasteiger charge is -2.35. The minimum Gasteiger partial charge on any atom is -0.484 e. The molecule has 0 saturated carbocycles. The molecule has 1 atom stereocenters. The topological polar surface area (TPSA) is 78.0 Å². The van der Waals surface area contributed by atoms with E-state index in [1.165, 1.54) is 5.69 Å². The Balaban J connectivity index is 1.49. The number of aliphatic imine (C=N–C) groups is 1. The van der Waals surface area contributed by atoms with Gasteiger partial charge in [0, 0.05) is 45.0 Å². The molecule has 0 aliphatic carbocycles. The average molecular weight is 424 g/mol. The van der Waals surface area contributed by atoms with Crippen molar-refractivity contribution in [3.63, 3.8) is 0 Å².